The average Bonchev–Trinajstić information content (AvgIpc) is 1.54. The van der Waals surface area contributed by atoms with E-state index in [2.05, 4.69) is 393 Å². The number of thiophene rings is 2. The molecular weight excluding hydrogens is 1730 g/mol. The van der Waals surface area contributed by atoms with Crippen molar-refractivity contribution in [3.63, 3.8) is 0 Å². The molecule has 0 aliphatic carbocycles. The van der Waals surface area contributed by atoms with Gasteiger partial charge >= 0.3 is 0 Å². The van der Waals surface area contributed by atoms with Gasteiger partial charge < -0.3 is 22.8 Å². The maximum Gasteiger partial charge on any atom is 0.164 e. The summed E-state index contributed by atoms with van der Waals surface area (Å²) < 4.78 is 17.0. The van der Waals surface area contributed by atoms with Gasteiger partial charge in [0.15, 0.2) is 34.9 Å². The number of hydrogen-bond donors (Lipinski definition) is 0. The molecule has 11 nitrogen and oxygen atoms in total. The van der Waals surface area contributed by atoms with E-state index in [-0.39, 0.29) is 0 Å². The van der Waals surface area contributed by atoms with Gasteiger partial charge in [0.2, 0.25) is 0 Å². The minimum absolute atomic E-state index is 0.634. The second-order valence-electron chi connectivity index (χ2n) is 35.6. The maximum atomic E-state index is 5.07. The van der Waals surface area contributed by atoms with Crippen molar-refractivity contribution in [1.29, 1.82) is 0 Å². The van der Waals surface area contributed by atoms with Gasteiger partial charge in [0, 0.05) is 156 Å². The highest BCUT2D eigenvalue weighted by Crippen LogP contribution is 2.47. The zero-order valence-electron chi connectivity index (χ0n) is 74.7. The molecule has 0 fully saturated rings. The molecule has 9 aromatic heterocycles. The third-order valence-electron chi connectivity index (χ3n) is 27.7. The predicted octanol–water partition coefficient (Wildman–Crippen LogP) is 33.3. The summed E-state index contributed by atoms with van der Waals surface area (Å²) in [5, 5.41) is 17.3. The Kier molecular flexibility index (Phi) is 18.5. The zero-order chi connectivity index (χ0) is 91.3. The van der Waals surface area contributed by atoms with Crippen molar-refractivity contribution in [2.75, 3.05) is 0 Å². The lowest BCUT2D eigenvalue weighted by molar-refractivity contribution is 1.07. The number of rotatable bonds is 13. The van der Waals surface area contributed by atoms with Crippen molar-refractivity contribution in [3.8, 4) is 119 Å². The lowest BCUT2D eigenvalue weighted by Gasteiger charge is -2.12. The van der Waals surface area contributed by atoms with E-state index in [1.54, 1.807) is 0 Å². The molecule has 648 valence electrons. The fourth-order valence-corrected chi connectivity index (χ4v) is 23.3. The zero-order valence-corrected chi connectivity index (χ0v) is 76.3. The Hall–Kier alpha value is -18.1. The van der Waals surface area contributed by atoms with Gasteiger partial charge in [-0.1, -0.05) is 273 Å². The fourth-order valence-electron chi connectivity index (χ4n) is 21.2. The van der Waals surface area contributed by atoms with E-state index in [0.29, 0.717) is 34.9 Å². The van der Waals surface area contributed by atoms with Crippen molar-refractivity contribution in [1.82, 2.24) is 52.7 Å². The quantitative estimate of drug-likeness (QED) is 0.114. The molecule has 13 heteroatoms. The fraction of sp³-hybridized carbons (Fsp3) is 0. The number of para-hydroxylation sites is 7. The molecule has 0 aliphatic rings. The van der Waals surface area contributed by atoms with E-state index in [9.17, 15) is 0 Å². The van der Waals surface area contributed by atoms with Gasteiger partial charge in [0.05, 0.1) is 55.2 Å². The van der Waals surface area contributed by atoms with Crippen LogP contribution in [0.1, 0.15) is 0 Å². The Morgan fingerprint density at radius 3 is 0.647 bits per heavy atom. The molecule has 20 aromatic carbocycles. The Morgan fingerprint density at radius 1 is 0.122 bits per heavy atom. The number of benzene rings is 20. The van der Waals surface area contributed by atoms with E-state index < -0.39 is 0 Å². The van der Waals surface area contributed by atoms with Crippen LogP contribution in [-0.2, 0) is 0 Å². The van der Waals surface area contributed by atoms with Gasteiger partial charge in [-0.25, -0.2) is 29.9 Å². The third kappa shape index (κ3) is 13.3. The van der Waals surface area contributed by atoms with E-state index in [0.717, 1.165) is 67.2 Å². The first kappa shape index (κ1) is 79.4. The second-order valence-corrected chi connectivity index (χ2v) is 37.8. The minimum atomic E-state index is 0.634. The van der Waals surface area contributed by atoms with Crippen LogP contribution >= 0.6 is 22.7 Å². The first-order valence-corrected chi connectivity index (χ1v) is 48.5. The summed E-state index contributed by atoms with van der Waals surface area (Å²) in [5.41, 5.74) is 28.0. The van der Waals surface area contributed by atoms with E-state index in [4.69, 9.17) is 29.9 Å². The second kappa shape index (κ2) is 32.3. The highest BCUT2D eigenvalue weighted by molar-refractivity contribution is 7.26. The first-order chi connectivity index (χ1) is 68.9. The van der Waals surface area contributed by atoms with Crippen LogP contribution in [0, 0.1) is 0 Å². The number of hydrogen-bond acceptors (Lipinski definition) is 8. The lowest BCUT2D eigenvalue weighted by atomic mass is 9.98. The summed E-state index contributed by atoms with van der Waals surface area (Å²) in [4.78, 5) is 29.9. The van der Waals surface area contributed by atoms with E-state index in [1.165, 1.54) is 166 Å². The number of fused-ring (bicyclic) bond motifs is 21. The molecule has 0 atom stereocenters. The van der Waals surface area contributed by atoms with Crippen molar-refractivity contribution < 1.29 is 0 Å². The molecular formula is C126H77N11S2. The summed E-state index contributed by atoms with van der Waals surface area (Å²) in [6.07, 6.45) is 0. The average molecular weight is 1810 g/mol. The van der Waals surface area contributed by atoms with Crippen LogP contribution in [0.15, 0.2) is 467 Å². The minimum Gasteiger partial charge on any atom is -0.309 e. The summed E-state index contributed by atoms with van der Waals surface area (Å²) in [5.74, 6) is 3.88. The van der Waals surface area contributed by atoms with Gasteiger partial charge in [-0.05, 0) is 216 Å². The summed E-state index contributed by atoms with van der Waals surface area (Å²) in [7, 11) is 0. The van der Waals surface area contributed by atoms with Crippen molar-refractivity contribution in [2.24, 2.45) is 0 Å². The highest BCUT2D eigenvalue weighted by atomic mass is 32.1. The molecule has 0 aliphatic heterocycles. The highest BCUT2D eigenvalue weighted by Gasteiger charge is 2.25. The summed E-state index contributed by atoms with van der Waals surface area (Å²) in [6, 6.07) is 168. The molecule has 0 unspecified atom stereocenters. The summed E-state index contributed by atoms with van der Waals surface area (Å²) >= 11 is 3.68. The van der Waals surface area contributed by atoms with E-state index >= 15 is 0 Å². The Morgan fingerprint density at radius 2 is 0.309 bits per heavy atom. The molecule has 0 spiro atoms. The number of nitrogens with zero attached hydrogens (tertiary/aromatic N) is 11. The molecule has 29 aromatic rings. The van der Waals surface area contributed by atoms with Crippen LogP contribution < -0.4 is 0 Å². The Labute approximate surface area is 804 Å². The van der Waals surface area contributed by atoms with Crippen molar-refractivity contribution in [2.45, 2.75) is 0 Å². The molecule has 0 radical (unpaired) electrons. The van der Waals surface area contributed by atoms with Gasteiger partial charge in [0.25, 0.3) is 0 Å². The van der Waals surface area contributed by atoms with Gasteiger partial charge in [0.1, 0.15) is 0 Å². The molecule has 29 rings (SSSR count). The molecule has 0 saturated carbocycles. The number of aromatic nitrogens is 11. The predicted molar refractivity (Wildman–Crippen MR) is 581 cm³/mol. The van der Waals surface area contributed by atoms with E-state index in [1.807, 2.05) is 120 Å². The normalized spacial score (nSPS) is 11.9. The molecule has 0 N–H and O–H groups in total. The Bertz CT molecular complexity index is 9860. The Balaban J connectivity index is 0.000000139. The lowest BCUT2D eigenvalue weighted by Crippen LogP contribution is -2.00. The van der Waals surface area contributed by atoms with Crippen LogP contribution in [0.5, 0.6) is 0 Å². The first-order valence-electron chi connectivity index (χ1n) is 46.8. The molecule has 139 heavy (non-hydrogen) atoms. The SMILES string of the molecule is c1ccc(-c2nc(-c3ccccc3)nc(-c3ccc(-n4c5ccccc5c5cc(-n6c7ccccc7c7cc(-n8c9ccccc9c9ccccc98)ccc76)ccc54)cc3)n2)cc1.c1ccc(-c2nc(-c3ccccc3)nc(-c3ccc4sc5ccc(-n6c7ccccc7c7cc(-c8ccc9sc%10ccc(-c%11ccc%12c(c%11)c%11ccccc%11n%12-c%11ccccc%11)cc%10c9c8)ccc76)cc5c4c3)n2)cc1. The standard InChI is InChI=1S/C69H41N5S2.C57H36N6/c1-4-14-42(15-5-1)67-70-68(43-16-6-2-7-17-43)72-69(71-67)48-28-34-65-57(40-48)58-41-50(29-35-66(58)76-65)74-60-23-13-11-21-52(60)54-37-45(25-31-62(54)74)47-27-33-64-56(39-47)55-38-46(26-32-63(55)75-64)44-24-30-61-53(36-44)51-20-10-12-22-59(51)73(61)49-18-8-3-9-19-49;1-3-15-37(16-4-1)55-58-56(38-17-5-2-6-18-38)60-57(59-55)39-27-29-40(30-28-39)61-51-25-13-9-21-45(51)47-36-42(31-33-53(47)61)63-52-26-14-10-22-46(52)48-35-41(32-34-54(48)63)62-49-23-11-7-19-43(49)44-20-8-12-24-50(44)62/h1-41H;1-36H. The largest absolute Gasteiger partial charge is 0.309 e. The topological polar surface area (TPSA) is 102 Å². The van der Waals surface area contributed by atoms with Gasteiger partial charge in [-0.2, -0.15) is 0 Å². The third-order valence-corrected chi connectivity index (χ3v) is 30.0. The van der Waals surface area contributed by atoms with Crippen LogP contribution in [0.2, 0.25) is 0 Å². The maximum absolute atomic E-state index is 5.07. The van der Waals surface area contributed by atoms with Crippen LogP contribution in [0.3, 0.4) is 0 Å². The molecule has 0 saturated heterocycles. The van der Waals surface area contributed by atoms with Crippen molar-refractivity contribution >= 4 is 172 Å². The van der Waals surface area contributed by atoms with Crippen molar-refractivity contribution in [3.05, 3.63) is 467 Å². The van der Waals surface area contributed by atoms with Gasteiger partial charge in [-0.3, -0.25) is 0 Å². The van der Waals surface area contributed by atoms with Crippen LogP contribution in [0.4, 0.5) is 0 Å². The summed E-state index contributed by atoms with van der Waals surface area (Å²) in [6.45, 7) is 0. The monoisotopic (exact) mass is 1810 g/mol. The smallest absolute Gasteiger partial charge is 0.164 e. The molecule has 0 amide bonds. The van der Waals surface area contributed by atoms with Gasteiger partial charge in [-0.15, -0.1) is 22.7 Å². The van der Waals surface area contributed by atoms with Crippen LogP contribution in [-0.4, -0.2) is 52.7 Å². The van der Waals surface area contributed by atoms with Crippen LogP contribution in [0.25, 0.3) is 268 Å². The molecule has 0 bridgehead atoms. The molecule has 9 heterocycles.